The van der Waals surface area contributed by atoms with Crippen molar-refractivity contribution in [2.45, 2.75) is 0 Å². The molecule has 0 atom stereocenters. The number of hydrogen-bond acceptors (Lipinski definition) is 5. The molecule has 0 fully saturated rings. The zero-order chi connectivity index (χ0) is 17.9. The van der Waals surface area contributed by atoms with Gasteiger partial charge in [0.15, 0.2) is 17.3 Å². The maximum atomic E-state index is 12.3. The smallest absolute Gasteiger partial charge is 0.231 e. The number of aromatic nitrogens is 2. The summed E-state index contributed by atoms with van der Waals surface area (Å²) in [6.07, 6.45) is 3.20. The molecule has 0 bridgehead atoms. The van der Waals surface area contributed by atoms with Crippen LogP contribution in [-0.2, 0) is 0 Å². The van der Waals surface area contributed by atoms with E-state index in [0.29, 0.717) is 17.1 Å². The van der Waals surface area contributed by atoms with Gasteiger partial charge in [-0.1, -0.05) is 0 Å². The van der Waals surface area contributed by atoms with Crippen LogP contribution in [0.2, 0.25) is 0 Å². The number of ketones is 1. The first-order valence-corrected chi connectivity index (χ1v) is 8.05. The van der Waals surface area contributed by atoms with Crippen molar-refractivity contribution in [3.63, 3.8) is 0 Å². The molecule has 0 unspecified atom stereocenters. The van der Waals surface area contributed by atoms with E-state index in [1.165, 1.54) is 6.08 Å². The van der Waals surface area contributed by atoms with Crippen LogP contribution in [0.5, 0.6) is 17.2 Å². The summed E-state index contributed by atoms with van der Waals surface area (Å²) < 4.78 is 15.7. The van der Waals surface area contributed by atoms with Crippen LogP contribution in [0.1, 0.15) is 16.1 Å². The number of ether oxygens (including phenoxy) is 3. The number of carbonyl (C=O) groups excluding carboxylic acids is 1. The third kappa shape index (κ3) is 3.17. The molecule has 1 aliphatic rings. The van der Waals surface area contributed by atoms with Crippen LogP contribution in [0.25, 0.3) is 17.3 Å². The Hall–Kier alpha value is -3.54. The molecule has 1 N–H and O–H groups in total. The van der Waals surface area contributed by atoms with Crippen molar-refractivity contribution >= 4 is 11.9 Å². The molecule has 0 saturated carbocycles. The molecule has 0 aliphatic carbocycles. The lowest BCUT2D eigenvalue weighted by Crippen LogP contribution is -1.94. The lowest BCUT2D eigenvalue weighted by Gasteiger charge is -1.99. The maximum Gasteiger partial charge on any atom is 0.231 e. The maximum absolute atomic E-state index is 12.3. The second-order valence-electron chi connectivity index (χ2n) is 5.70. The zero-order valence-electron chi connectivity index (χ0n) is 14.1. The van der Waals surface area contributed by atoms with Crippen molar-refractivity contribution in [3.8, 4) is 28.5 Å². The number of aromatic amines is 1. The Kier molecular flexibility index (Phi) is 4.15. The highest BCUT2D eigenvalue weighted by Crippen LogP contribution is 2.32. The highest BCUT2D eigenvalue weighted by atomic mass is 16.7. The molecule has 1 aromatic heterocycles. The summed E-state index contributed by atoms with van der Waals surface area (Å²) in [6.45, 7) is 0.186. The van der Waals surface area contributed by atoms with Crippen molar-refractivity contribution in [1.29, 1.82) is 0 Å². The average molecular weight is 348 g/mol. The van der Waals surface area contributed by atoms with Gasteiger partial charge in [-0.25, -0.2) is 0 Å². The summed E-state index contributed by atoms with van der Waals surface area (Å²) in [5, 5.41) is 7.19. The molecular weight excluding hydrogens is 332 g/mol. The van der Waals surface area contributed by atoms with Gasteiger partial charge in [-0.15, -0.1) is 0 Å². The Morgan fingerprint density at radius 3 is 2.73 bits per heavy atom. The molecule has 6 heteroatoms. The molecule has 26 heavy (non-hydrogen) atoms. The lowest BCUT2D eigenvalue weighted by atomic mass is 10.1. The van der Waals surface area contributed by atoms with Gasteiger partial charge in [0.1, 0.15) is 5.75 Å². The van der Waals surface area contributed by atoms with E-state index in [1.54, 1.807) is 31.4 Å². The molecule has 130 valence electrons. The molecule has 3 aromatic rings. The third-order valence-corrected chi connectivity index (χ3v) is 4.05. The number of nitrogens with zero attached hydrogens (tertiary/aromatic N) is 1. The van der Waals surface area contributed by atoms with E-state index < -0.39 is 0 Å². The minimum Gasteiger partial charge on any atom is -0.497 e. The Morgan fingerprint density at radius 2 is 1.92 bits per heavy atom. The number of benzene rings is 2. The fraction of sp³-hybridized carbons (Fsp3) is 0.100. The third-order valence-electron chi connectivity index (χ3n) is 4.05. The van der Waals surface area contributed by atoms with Crippen molar-refractivity contribution in [1.82, 2.24) is 10.2 Å². The quantitative estimate of drug-likeness (QED) is 0.562. The van der Waals surface area contributed by atoms with Gasteiger partial charge in [0.2, 0.25) is 6.79 Å². The largest absolute Gasteiger partial charge is 0.497 e. The molecule has 0 spiro atoms. The second-order valence-corrected chi connectivity index (χ2v) is 5.70. The Labute approximate surface area is 150 Å². The van der Waals surface area contributed by atoms with E-state index >= 15 is 0 Å². The number of methoxy groups -OCH3 is 1. The van der Waals surface area contributed by atoms with Crippen LogP contribution in [-0.4, -0.2) is 29.9 Å². The Balaban J connectivity index is 1.48. The average Bonchev–Trinajstić information content (AvgIpc) is 3.35. The molecule has 2 heterocycles. The first kappa shape index (κ1) is 16.0. The van der Waals surface area contributed by atoms with Gasteiger partial charge in [-0.3, -0.25) is 9.89 Å². The topological polar surface area (TPSA) is 73.4 Å². The van der Waals surface area contributed by atoms with Crippen molar-refractivity contribution in [2.24, 2.45) is 0 Å². The highest BCUT2D eigenvalue weighted by Gasteiger charge is 2.15. The zero-order valence-corrected chi connectivity index (χ0v) is 14.1. The van der Waals surface area contributed by atoms with Crippen LogP contribution in [0.15, 0.2) is 54.6 Å². The number of allylic oxidation sites excluding steroid dienone is 1. The van der Waals surface area contributed by atoms with Crippen LogP contribution in [0, 0.1) is 0 Å². The van der Waals surface area contributed by atoms with Gasteiger partial charge in [0.05, 0.1) is 18.5 Å². The fourth-order valence-corrected chi connectivity index (χ4v) is 2.64. The van der Waals surface area contributed by atoms with Crippen molar-refractivity contribution in [2.75, 3.05) is 13.9 Å². The number of H-pyrrole nitrogens is 1. The van der Waals surface area contributed by atoms with Crippen molar-refractivity contribution in [3.05, 3.63) is 65.9 Å². The first-order chi connectivity index (χ1) is 12.7. The van der Waals surface area contributed by atoms with E-state index in [4.69, 9.17) is 14.2 Å². The normalized spacial score (nSPS) is 12.5. The summed E-state index contributed by atoms with van der Waals surface area (Å²) in [6, 6.07) is 14.6. The van der Waals surface area contributed by atoms with E-state index in [0.717, 1.165) is 22.7 Å². The fourth-order valence-electron chi connectivity index (χ4n) is 2.64. The Bertz CT molecular complexity index is 974. The van der Waals surface area contributed by atoms with E-state index in [-0.39, 0.29) is 12.6 Å². The van der Waals surface area contributed by atoms with E-state index in [2.05, 4.69) is 10.2 Å². The van der Waals surface area contributed by atoms with Gasteiger partial charge in [-0.2, -0.15) is 5.10 Å². The van der Waals surface area contributed by atoms with Crippen LogP contribution >= 0.6 is 0 Å². The second kappa shape index (κ2) is 6.76. The minimum atomic E-state index is -0.121. The number of rotatable bonds is 5. The molecule has 2 aromatic carbocycles. The summed E-state index contributed by atoms with van der Waals surface area (Å²) in [5.74, 6) is 1.92. The SMILES string of the molecule is COc1ccc(-c2cc(C=CC(=O)c3ccc4c(c3)OCO4)[nH]n2)cc1. The molecule has 4 rings (SSSR count). The van der Waals surface area contributed by atoms with Crippen molar-refractivity contribution < 1.29 is 19.0 Å². The highest BCUT2D eigenvalue weighted by molar-refractivity contribution is 6.07. The van der Waals surface area contributed by atoms with Crippen LogP contribution in [0.4, 0.5) is 0 Å². The van der Waals surface area contributed by atoms with Gasteiger partial charge in [0.25, 0.3) is 0 Å². The lowest BCUT2D eigenvalue weighted by molar-refractivity contribution is 0.104. The summed E-state index contributed by atoms with van der Waals surface area (Å²) in [5.41, 5.74) is 3.04. The van der Waals surface area contributed by atoms with Gasteiger partial charge in [0, 0.05) is 11.1 Å². The van der Waals surface area contributed by atoms with E-state index in [1.807, 2.05) is 30.3 Å². The summed E-state index contributed by atoms with van der Waals surface area (Å²) in [4.78, 5) is 12.3. The first-order valence-electron chi connectivity index (χ1n) is 8.05. The number of carbonyl (C=O) groups is 1. The van der Waals surface area contributed by atoms with Gasteiger partial charge >= 0.3 is 0 Å². The number of hydrogen-bond donors (Lipinski definition) is 1. The monoisotopic (exact) mass is 348 g/mol. The number of fused-ring (bicyclic) bond motifs is 1. The van der Waals surface area contributed by atoms with Crippen LogP contribution < -0.4 is 14.2 Å². The predicted octanol–water partition coefficient (Wildman–Crippen LogP) is 3.71. The molecule has 1 aliphatic heterocycles. The van der Waals surface area contributed by atoms with Gasteiger partial charge in [-0.05, 0) is 60.7 Å². The molecule has 6 nitrogen and oxygen atoms in total. The molecule has 0 radical (unpaired) electrons. The summed E-state index contributed by atoms with van der Waals surface area (Å²) in [7, 11) is 1.63. The summed E-state index contributed by atoms with van der Waals surface area (Å²) >= 11 is 0. The Morgan fingerprint density at radius 1 is 1.12 bits per heavy atom. The molecule has 0 saturated heterocycles. The standard InChI is InChI=1S/C20H16N2O4/c1-24-16-6-2-13(3-7-16)17-11-15(21-22-17)5-8-18(23)14-4-9-19-20(10-14)26-12-25-19/h2-11H,12H2,1H3,(H,21,22). The predicted molar refractivity (Wildman–Crippen MR) is 96.5 cm³/mol. The van der Waals surface area contributed by atoms with Crippen LogP contribution in [0.3, 0.4) is 0 Å². The molecule has 0 amide bonds. The van der Waals surface area contributed by atoms with E-state index in [9.17, 15) is 4.79 Å². The molecular formula is C20H16N2O4. The minimum absolute atomic E-state index is 0.121. The van der Waals surface area contributed by atoms with Gasteiger partial charge < -0.3 is 14.2 Å². The number of nitrogens with one attached hydrogen (secondary N) is 1.